The molecule has 72 heavy (non-hydrogen) atoms. The van der Waals surface area contributed by atoms with Crippen LogP contribution in [0.25, 0.3) is 11.1 Å². The van der Waals surface area contributed by atoms with E-state index in [1.165, 1.54) is 0 Å². The van der Waals surface area contributed by atoms with E-state index in [1.807, 2.05) is 0 Å². The van der Waals surface area contributed by atoms with Gasteiger partial charge in [-0.25, -0.2) is 24.0 Å². The topological polar surface area (TPSA) is 506 Å². The number of phenolic OH excluding ortho intramolecular Hbond substituents is 13. The van der Waals surface area contributed by atoms with Crippen molar-refractivity contribution in [1.82, 2.24) is 0 Å². The summed E-state index contributed by atoms with van der Waals surface area (Å²) in [6, 6.07) is 1.73. The lowest BCUT2D eigenvalue weighted by atomic mass is 9.70. The Morgan fingerprint density at radius 2 is 1.12 bits per heavy atom. The summed E-state index contributed by atoms with van der Waals surface area (Å²) in [5.74, 6) is -38.4. The summed E-state index contributed by atoms with van der Waals surface area (Å²) in [6.07, 6.45) is -14.6. The number of hydrogen-bond acceptors (Lipinski definition) is 27. The van der Waals surface area contributed by atoms with Crippen molar-refractivity contribution in [2.75, 3.05) is 6.61 Å². The monoisotopic (exact) mass is 1010 g/mol. The van der Waals surface area contributed by atoms with Gasteiger partial charge in [0.15, 0.2) is 81.6 Å². The minimum atomic E-state index is -2.76. The highest BCUT2D eigenvalue weighted by Crippen LogP contribution is 2.56. The quantitative estimate of drug-likeness (QED) is 0.0205. The summed E-state index contributed by atoms with van der Waals surface area (Å²) >= 11 is 0. The first-order valence-corrected chi connectivity index (χ1v) is 19.9. The van der Waals surface area contributed by atoms with Gasteiger partial charge in [0.1, 0.15) is 18.3 Å². The maximum Gasteiger partial charge on any atom is 0.342 e. The van der Waals surface area contributed by atoms with Crippen LogP contribution in [0.15, 0.2) is 35.9 Å². The van der Waals surface area contributed by atoms with Gasteiger partial charge in [-0.05, 0) is 24.3 Å². The number of aromatic hydroxyl groups is 13. The van der Waals surface area contributed by atoms with E-state index in [9.17, 15) is 120 Å². The Kier molecular flexibility index (Phi) is 12.6. The van der Waals surface area contributed by atoms with Crippen LogP contribution >= 0.6 is 0 Å². The third kappa shape index (κ3) is 8.29. The number of carboxylic acid groups (broad SMARTS) is 2. The molecule has 3 aliphatic rings. The van der Waals surface area contributed by atoms with Gasteiger partial charge >= 0.3 is 35.8 Å². The number of ether oxygens (including phenoxy) is 5. The molecule has 16 N–H and O–H groups in total. The average Bonchev–Trinajstić information content (AvgIpc) is 3.32. The highest BCUT2D eigenvalue weighted by atomic mass is 16.7. The molecule has 0 amide bonds. The van der Waals surface area contributed by atoms with E-state index in [4.69, 9.17) is 23.7 Å². The second-order valence-corrected chi connectivity index (χ2v) is 15.7. The van der Waals surface area contributed by atoms with Crippen molar-refractivity contribution in [2.45, 2.75) is 43.0 Å². The first-order valence-electron chi connectivity index (χ1n) is 19.9. The van der Waals surface area contributed by atoms with Crippen LogP contribution in [0.1, 0.15) is 59.3 Å². The molecule has 2 aliphatic heterocycles. The molecule has 1 saturated heterocycles. The van der Waals surface area contributed by atoms with Crippen molar-refractivity contribution in [3.8, 4) is 85.9 Å². The lowest BCUT2D eigenvalue weighted by Crippen LogP contribution is -2.62. The molecule has 2 heterocycles. The number of carbonyl (C=O) groups is 8. The number of rotatable bonds is 8. The van der Waals surface area contributed by atoms with Gasteiger partial charge < -0.3 is 105 Å². The number of phenols is 13. The van der Waals surface area contributed by atoms with E-state index in [2.05, 4.69) is 0 Å². The zero-order valence-electron chi connectivity index (χ0n) is 35.3. The predicted octanol–water partition coefficient (Wildman–Crippen LogP) is -0.272. The molecule has 7 rings (SSSR count). The molecule has 0 spiro atoms. The Labute approximate surface area is 395 Å². The van der Waals surface area contributed by atoms with Crippen LogP contribution in [-0.2, 0) is 42.9 Å². The molecule has 0 saturated carbocycles. The highest BCUT2D eigenvalue weighted by molar-refractivity contribution is 6.24. The molecule has 378 valence electrons. The Balaban J connectivity index is 1.39. The standard InChI is InChI=1S/C43H32O29/c44-13-3-9(38(62)63)20(24-23(13)31(57)33(59)34(60)32(24)58)25(51)12(6-19(49)50)42(67)70-36-18-7-68-40(65)10-4-16(47)27(53)29(55)21(10)22-11(5-17(48)28(54)30(22)56)41(66)71-37(36)35(61)43(69-18)72-39(64)8-1-14(45)26(52)15(46)2-8/h1-2,4-6,9,18,20,35-37,43,45-48,52-61H,3,7H2,(H,49,50)(H,62,63)/b12-6+/t9?,18-,20?,35-,36-,37-,43+/m1/s1. The fourth-order valence-electron chi connectivity index (χ4n) is 8.01. The molecule has 1 fully saturated rings. The Hall–Kier alpha value is -9.90. The van der Waals surface area contributed by atoms with Crippen molar-refractivity contribution >= 4 is 47.4 Å². The molecule has 2 bridgehead atoms. The van der Waals surface area contributed by atoms with Crippen molar-refractivity contribution in [3.05, 3.63) is 63.7 Å². The molecular formula is C43H32O29. The second kappa shape index (κ2) is 18.2. The minimum absolute atomic E-state index is 0.224. The lowest BCUT2D eigenvalue weighted by Gasteiger charge is -2.43. The van der Waals surface area contributed by atoms with Crippen LogP contribution in [0.2, 0.25) is 0 Å². The van der Waals surface area contributed by atoms with Crippen molar-refractivity contribution in [2.24, 2.45) is 5.92 Å². The summed E-state index contributed by atoms with van der Waals surface area (Å²) in [4.78, 5) is 108. The molecule has 7 atom stereocenters. The van der Waals surface area contributed by atoms with Crippen LogP contribution in [-0.4, -0.2) is 166 Å². The van der Waals surface area contributed by atoms with Crippen molar-refractivity contribution < 1.29 is 144 Å². The molecule has 1 aliphatic carbocycles. The Bertz CT molecular complexity index is 3110. The normalized spacial score (nSPS) is 21.8. The van der Waals surface area contributed by atoms with Gasteiger partial charge in [-0.2, -0.15) is 0 Å². The predicted molar refractivity (Wildman–Crippen MR) is 219 cm³/mol. The van der Waals surface area contributed by atoms with E-state index >= 15 is 0 Å². The number of cyclic esters (lactones) is 1. The SMILES string of the molecule is O=C(O)/C=C(/C(=O)O[C@H]1[C@@H]2OC(=O)c3cc(O)c(O)c(O)c3-c3c(cc(O)c(O)c3O)C(=O)OC[C@H]1O[C@@H](OC(=O)c1cc(O)c(O)c(O)c1)[C@@H]2O)C(=O)C1c2c(O)c(O)c(O)c(O)c2C(=O)CC1C(=O)O. The maximum atomic E-state index is 14.5. The van der Waals surface area contributed by atoms with Crippen LogP contribution in [0.3, 0.4) is 0 Å². The minimum Gasteiger partial charge on any atom is -0.504 e. The first-order chi connectivity index (χ1) is 33.7. The van der Waals surface area contributed by atoms with Crippen LogP contribution < -0.4 is 0 Å². The smallest absolute Gasteiger partial charge is 0.342 e. The molecule has 29 nitrogen and oxygen atoms in total. The highest BCUT2D eigenvalue weighted by Gasteiger charge is 2.54. The number of hydrogen-bond donors (Lipinski definition) is 16. The number of aliphatic carboxylic acids is 2. The zero-order valence-corrected chi connectivity index (χ0v) is 35.3. The molecule has 4 aromatic carbocycles. The summed E-state index contributed by atoms with van der Waals surface area (Å²) in [5.41, 5.74) is -9.63. The third-order valence-electron chi connectivity index (χ3n) is 11.4. The van der Waals surface area contributed by atoms with Crippen LogP contribution in [0.5, 0.6) is 74.7 Å². The average molecular weight is 1010 g/mol. The maximum absolute atomic E-state index is 14.5. The van der Waals surface area contributed by atoms with Gasteiger partial charge in [0, 0.05) is 29.2 Å². The van der Waals surface area contributed by atoms with Gasteiger partial charge in [-0.1, -0.05) is 0 Å². The zero-order chi connectivity index (χ0) is 53.3. The van der Waals surface area contributed by atoms with Gasteiger partial charge in [0.05, 0.1) is 34.1 Å². The number of carbonyl (C=O) groups excluding carboxylic acids is 6. The van der Waals surface area contributed by atoms with E-state index in [0.29, 0.717) is 24.3 Å². The van der Waals surface area contributed by atoms with Gasteiger partial charge in [-0.3, -0.25) is 14.4 Å². The molecule has 29 heteroatoms. The molecule has 4 aromatic rings. The summed E-state index contributed by atoms with van der Waals surface area (Å²) in [7, 11) is 0. The fourth-order valence-corrected chi connectivity index (χ4v) is 8.01. The van der Waals surface area contributed by atoms with Crippen LogP contribution in [0, 0.1) is 5.92 Å². The first kappa shape index (κ1) is 50.0. The van der Waals surface area contributed by atoms with E-state index in [-0.39, 0.29) is 6.08 Å². The Morgan fingerprint density at radius 1 is 0.611 bits per heavy atom. The van der Waals surface area contributed by atoms with Crippen LogP contribution in [0.4, 0.5) is 0 Å². The second-order valence-electron chi connectivity index (χ2n) is 15.7. The van der Waals surface area contributed by atoms with E-state index in [0.717, 1.165) is 0 Å². The van der Waals surface area contributed by atoms with E-state index < -0.39 is 222 Å². The largest absolute Gasteiger partial charge is 0.504 e. The summed E-state index contributed by atoms with van der Waals surface area (Å²) in [6.45, 7) is -1.44. The molecule has 2 unspecified atom stereocenters. The van der Waals surface area contributed by atoms with E-state index in [1.54, 1.807) is 0 Å². The molecule has 0 radical (unpaired) electrons. The van der Waals surface area contributed by atoms with Crippen molar-refractivity contribution in [1.29, 1.82) is 0 Å². The summed E-state index contributed by atoms with van der Waals surface area (Å²) in [5, 5.41) is 167. The number of Topliss-reactive ketones (excluding diaryl/α,β-unsaturated/α-hetero) is 2. The number of aliphatic hydroxyl groups is 1. The lowest BCUT2D eigenvalue weighted by molar-refractivity contribution is -0.287. The molecule has 0 aromatic heterocycles. The number of ketones is 2. The number of benzene rings is 4. The number of carboxylic acids is 2. The van der Waals surface area contributed by atoms with Gasteiger partial charge in [0.2, 0.25) is 29.3 Å². The van der Waals surface area contributed by atoms with Gasteiger partial charge in [0.25, 0.3) is 0 Å². The fraction of sp³-hybridized carbons (Fsp3) is 0.209. The third-order valence-corrected chi connectivity index (χ3v) is 11.4. The van der Waals surface area contributed by atoms with Gasteiger partial charge in [-0.15, -0.1) is 0 Å². The molecular weight excluding hydrogens is 980 g/mol. The number of esters is 4. The summed E-state index contributed by atoms with van der Waals surface area (Å²) < 4.78 is 26.9. The Morgan fingerprint density at radius 3 is 1.67 bits per heavy atom. The number of aliphatic hydroxyl groups excluding tert-OH is 1. The number of fused-ring (bicyclic) bond motifs is 6. The van der Waals surface area contributed by atoms with Crippen molar-refractivity contribution in [3.63, 3.8) is 0 Å².